The van der Waals surface area contributed by atoms with Crippen LogP contribution < -0.4 is 0 Å². The molecule has 0 aliphatic heterocycles. The summed E-state index contributed by atoms with van der Waals surface area (Å²) in [6, 6.07) is 3.74. The molecular formula is C29H40O4. The quantitative estimate of drug-likeness (QED) is 0.236. The number of esters is 1. The summed E-state index contributed by atoms with van der Waals surface area (Å²) < 4.78 is 5.21. The van der Waals surface area contributed by atoms with E-state index in [-0.39, 0.29) is 41.3 Å². The minimum absolute atomic E-state index is 0.113. The van der Waals surface area contributed by atoms with Crippen molar-refractivity contribution < 1.29 is 19.7 Å². The molecule has 2 aliphatic carbocycles. The lowest BCUT2D eigenvalue weighted by molar-refractivity contribution is -0.140. The highest BCUT2D eigenvalue weighted by molar-refractivity contribution is 5.66. The molecule has 0 spiro atoms. The topological polar surface area (TPSA) is 66.8 Å². The van der Waals surface area contributed by atoms with Crippen molar-refractivity contribution in [1.82, 2.24) is 0 Å². The minimum atomic E-state index is -0.307. The summed E-state index contributed by atoms with van der Waals surface area (Å²) in [6.07, 6.45) is 16.1. The Bertz CT molecular complexity index is 895. The van der Waals surface area contributed by atoms with Gasteiger partial charge in [-0.2, -0.15) is 0 Å². The van der Waals surface area contributed by atoms with Gasteiger partial charge in [-0.1, -0.05) is 63.0 Å². The van der Waals surface area contributed by atoms with E-state index in [0.717, 1.165) is 61.7 Å². The SMILES string of the molecule is C=C(C)[C@H]1CCC(COC(C)=O)=C[C@@H]1c1c(O)cc(C2(C=CCCCC)CCCC2)cc1O. The van der Waals surface area contributed by atoms with Gasteiger partial charge in [-0.25, -0.2) is 0 Å². The van der Waals surface area contributed by atoms with Crippen molar-refractivity contribution in [3.05, 3.63) is 59.2 Å². The molecule has 0 unspecified atom stereocenters. The van der Waals surface area contributed by atoms with Crippen molar-refractivity contribution >= 4 is 5.97 Å². The summed E-state index contributed by atoms with van der Waals surface area (Å²) in [4.78, 5) is 11.3. The second-order valence-corrected chi connectivity index (χ2v) is 9.96. The van der Waals surface area contributed by atoms with Gasteiger partial charge in [-0.05, 0) is 68.2 Å². The highest BCUT2D eigenvalue weighted by Gasteiger charge is 2.36. The number of unbranched alkanes of at least 4 members (excludes halogenated alkanes) is 2. The van der Waals surface area contributed by atoms with E-state index in [1.54, 1.807) is 0 Å². The fourth-order valence-electron chi connectivity index (χ4n) is 5.57. The van der Waals surface area contributed by atoms with Crippen LogP contribution in [-0.2, 0) is 14.9 Å². The van der Waals surface area contributed by atoms with Crippen LogP contribution in [0.25, 0.3) is 0 Å². The Morgan fingerprint density at radius 2 is 1.88 bits per heavy atom. The zero-order valence-electron chi connectivity index (χ0n) is 20.5. The molecular weight excluding hydrogens is 412 g/mol. The van der Waals surface area contributed by atoms with Crippen LogP contribution in [0.3, 0.4) is 0 Å². The zero-order chi connectivity index (χ0) is 24.0. The molecule has 0 saturated heterocycles. The van der Waals surface area contributed by atoms with Gasteiger partial charge in [0.05, 0.1) is 0 Å². The molecule has 0 heterocycles. The molecule has 2 aliphatic rings. The molecule has 180 valence electrons. The fourth-order valence-corrected chi connectivity index (χ4v) is 5.57. The number of hydrogen-bond donors (Lipinski definition) is 2. The third kappa shape index (κ3) is 5.90. The summed E-state index contributed by atoms with van der Waals surface area (Å²) in [5, 5.41) is 22.4. The van der Waals surface area contributed by atoms with E-state index in [9.17, 15) is 15.0 Å². The number of benzene rings is 1. The van der Waals surface area contributed by atoms with E-state index >= 15 is 0 Å². The van der Waals surface area contributed by atoms with E-state index in [0.29, 0.717) is 5.56 Å². The lowest BCUT2D eigenvalue weighted by atomic mass is 9.72. The molecule has 0 radical (unpaired) electrons. The van der Waals surface area contributed by atoms with Crippen LogP contribution >= 0.6 is 0 Å². The molecule has 2 N–H and O–H groups in total. The van der Waals surface area contributed by atoms with Gasteiger partial charge >= 0.3 is 5.97 Å². The third-order valence-electron chi connectivity index (χ3n) is 7.42. The van der Waals surface area contributed by atoms with Crippen molar-refractivity contribution in [2.75, 3.05) is 6.61 Å². The number of rotatable bonds is 9. The van der Waals surface area contributed by atoms with Gasteiger partial charge in [0.1, 0.15) is 18.1 Å². The molecule has 0 aromatic heterocycles. The fraction of sp³-hybridized carbons (Fsp3) is 0.552. The largest absolute Gasteiger partial charge is 0.507 e. The number of hydrogen-bond acceptors (Lipinski definition) is 4. The maximum absolute atomic E-state index is 11.3. The number of phenolic OH excluding ortho intramolecular Hbond substituents is 2. The number of ether oxygens (including phenoxy) is 1. The molecule has 0 amide bonds. The summed E-state index contributed by atoms with van der Waals surface area (Å²) in [7, 11) is 0. The van der Waals surface area contributed by atoms with E-state index in [1.165, 1.54) is 19.8 Å². The molecule has 33 heavy (non-hydrogen) atoms. The second kappa shape index (κ2) is 11.1. The maximum atomic E-state index is 11.3. The van der Waals surface area contributed by atoms with Crippen LogP contribution in [0.15, 0.2) is 48.1 Å². The standard InChI is InChI=1S/C29H40O4/c1-5-6-7-8-13-29(14-9-10-15-29)23-17-26(31)28(27(32)18-23)25-16-22(19-33-21(4)30)11-12-24(25)20(2)3/h8,13,16-18,24-25,31-32H,2,5-7,9-12,14-15,19H2,1,3-4H3/t24-,25+/m1/s1. The first kappa shape index (κ1) is 25.1. The summed E-state index contributed by atoms with van der Waals surface area (Å²) in [6.45, 7) is 10.0. The van der Waals surface area contributed by atoms with Crippen LogP contribution in [0.5, 0.6) is 11.5 Å². The lowest BCUT2D eigenvalue weighted by Gasteiger charge is -2.33. The Hall–Kier alpha value is -2.49. The van der Waals surface area contributed by atoms with E-state index in [4.69, 9.17) is 4.74 Å². The van der Waals surface area contributed by atoms with Crippen molar-refractivity contribution in [3.63, 3.8) is 0 Å². The van der Waals surface area contributed by atoms with Crippen molar-refractivity contribution in [1.29, 1.82) is 0 Å². The molecule has 1 fully saturated rings. The monoisotopic (exact) mass is 452 g/mol. The molecule has 1 aromatic carbocycles. The van der Waals surface area contributed by atoms with Gasteiger partial charge in [0, 0.05) is 23.8 Å². The minimum Gasteiger partial charge on any atom is -0.507 e. The summed E-state index contributed by atoms with van der Waals surface area (Å²) >= 11 is 0. The Morgan fingerprint density at radius 1 is 1.21 bits per heavy atom. The van der Waals surface area contributed by atoms with Gasteiger partial charge in [0.2, 0.25) is 0 Å². The van der Waals surface area contributed by atoms with Crippen molar-refractivity contribution in [2.24, 2.45) is 5.92 Å². The average molecular weight is 453 g/mol. The number of allylic oxidation sites excluding steroid dienone is 4. The average Bonchev–Trinajstić information content (AvgIpc) is 3.25. The smallest absolute Gasteiger partial charge is 0.302 e. The molecule has 0 bridgehead atoms. The number of aromatic hydroxyl groups is 2. The first-order chi connectivity index (χ1) is 15.8. The summed E-state index contributed by atoms with van der Waals surface area (Å²) in [5.74, 6) is -0.115. The van der Waals surface area contributed by atoms with Gasteiger partial charge in [-0.3, -0.25) is 4.79 Å². The van der Waals surface area contributed by atoms with Gasteiger partial charge in [0.25, 0.3) is 0 Å². The maximum Gasteiger partial charge on any atom is 0.302 e. The molecule has 4 nitrogen and oxygen atoms in total. The highest BCUT2D eigenvalue weighted by Crippen LogP contribution is 2.50. The van der Waals surface area contributed by atoms with Gasteiger partial charge < -0.3 is 14.9 Å². The molecule has 2 atom stereocenters. The van der Waals surface area contributed by atoms with Crippen molar-refractivity contribution in [3.8, 4) is 11.5 Å². The van der Waals surface area contributed by atoms with Crippen LogP contribution in [0.4, 0.5) is 0 Å². The van der Waals surface area contributed by atoms with E-state index in [1.807, 2.05) is 19.1 Å². The van der Waals surface area contributed by atoms with E-state index < -0.39 is 0 Å². The predicted molar refractivity (Wildman–Crippen MR) is 134 cm³/mol. The molecule has 1 aromatic rings. The van der Waals surface area contributed by atoms with Crippen molar-refractivity contribution in [2.45, 2.75) is 89.9 Å². The van der Waals surface area contributed by atoms with Crippen LogP contribution in [0.2, 0.25) is 0 Å². The first-order valence-corrected chi connectivity index (χ1v) is 12.5. The summed E-state index contributed by atoms with van der Waals surface area (Å²) in [5.41, 5.74) is 3.48. The van der Waals surface area contributed by atoms with Crippen LogP contribution in [0.1, 0.15) is 95.6 Å². The Balaban J connectivity index is 1.97. The highest BCUT2D eigenvalue weighted by atomic mass is 16.5. The lowest BCUT2D eigenvalue weighted by Crippen LogP contribution is -2.21. The Morgan fingerprint density at radius 3 is 2.45 bits per heavy atom. The van der Waals surface area contributed by atoms with Crippen LogP contribution in [0, 0.1) is 5.92 Å². The predicted octanol–water partition coefficient (Wildman–Crippen LogP) is 7.22. The first-order valence-electron chi connectivity index (χ1n) is 12.5. The number of phenols is 2. The Kier molecular flexibility index (Phi) is 8.45. The molecule has 1 saturated carbocycles. The van der Waals surface area contributed by atoms with Crippen LogP contribution in [-0.4, -0.2) is 22.8 Å². The van der Waals surface area contributed by atoms with E-state index in [2.05, 4.69) is 31.7 Å². The zero-order valence-corrected chi connectivity index (χ0v) is 20.5. The third-order valence-corrected chi connectivity index (χ3v) is 7.42. The van der Waals surface area contributed by atoms with Gasteiger partial charge in [0.15, 0.2) is 0 Å². The Labute approximate surface area is 199 Å². The molecule has 4 heteroatoms. The van der Waals surface area contributed by atoms with Gasteiger partial charge in [-0.15, -0.1) is 0 Å². The number of carbonyl (C=O) groups is 1. The normalized spacial score (nSPS) is 22.3. The second-order valence-electron chi connectivity index (χ2n) is 9.96. The number of carbonyl (C=O) groups excluding carboxylic acids is 1. The molecule has 3 rings (SSSR count).